The second kappa shape index (κ2) is 8.81. The Morgan fingerprint density at radius 2 is 1.60 bits per heavy atom. The summed E-state index contributed by atoms with van der Waals surface area (Å²) in [5.74, 6) is -0.233. The van der Waals surface area contributed by atoms with Crippen molar-refractivity contribution in [3.8, 4) is 11.5 Å². The van der Waals surface area contributed by atoms with Crippen LogP contribution in [0.2, 0.25) is 0 Å². The highest BCUT2D eigenvalue weighted by atomic mass is 19.4. The zero-order valence-corrected chi connectivity index (χ0v) is 18.8. The number of alkyl halides is 3. The van der Waals surface area contributed by atoms with Crippen molar-refractivity contribution in [2.24, 2.45) is 0 Å². The summed E-state index contributed by atoms with van der Waals surface area (Å²) in [6.45, 7) is 1.40. The molecular weight excluding hydrogens is 459 g/mol. The summed E-state index contributed by atoms with van der Waals surface area (Å²) < 4.78 is 42.7. The summed E-state index contributed by atoms with van der Waals surface area (Å²) in [7, 11) is 0. The lowest BCUT2D eigenvalue weighted by molar-refractivity contribution is -0.275. The van der Waals surface area contributed by atoms with Gasteiger partial charge in [-0.3, -0.25) is 14.6 Å². The van der Waals surface area contributed by atoms with Crippen LogP contribution >= 0.6 is 0 Å². The van der Waals surface area contributed by atoms with E-state index >= 15 is 0 Å². The van der Waals surface area contributed by atoms with E-state index in [1.54, 1.807) is 47.4 Å². The largest absolute Gasteiger partial charge is 0.573 e. The minimum atomic E-state index is -4.76. The van der Waals surface area contributed by atoms with E-state index in [2.05, 4.69) is 15.0 Å². The number of fused-ring (bicyclic) bond motifs is 1. The third-order valence-corrected chi connectivity index (χ3v) is 6.54. The summed E-state index contributed by atoms with van der Waals surface area (Å²) in [6.07, 6.45) is -3.65. The first-order chi connectivity index (χ1) is 16.7. The summed E-state index contributed by atoms with van der Waals surface area (Å²) in [4.78, 5) is 17.4. The van der Waals surface area contributed by atoms with E-state index in [-0.39, 0.29) is 17.4 Å². The molecule has 0 radical (unpaired) electrons. The van der Waals surface area contributed by atoms with Crippen molar-refractivity contribution in [2.75, 3.05) is 23.3 Å². The number of carbonyl (C=O) groups excluding carboxylic acids is 1. The number of phenols is 1. The number of phenolic OH excluding ortho intramolecular Hbond substituents is 1. The number of anilines is 2. The standard InChI is InChI=1S/C26H24F3N3O3/c27-26(28,29)35-23-8-4-1-5-18(23)17-31-15-13-25(14-16-31)30-22-7-3-2-6-21(22)24(34)32(25)19-9-11-20(33)12-10-19/h1-12,30,33H,13-17H2. The maximum atomic E-state index is 13.6. The lowest BCUT2D eigenvalue weighted by atomic mass is 9.89. The number of likely N-dealkylation sites (tertiary alicyclic amines) is 1. The van der Waals surface area contributed by atoms with Crippen molar-refractivity contribution in [1.82, 2.24) is 4.90 Å². The van der Waals surface area contributed by atoms with E-state index < -0.39 is 12.0 Å². The molecule has 1 fully saturated rings. The monoisotopic (exact) mass is 483 g/mol. The summed E-state index contributed by atoms with van der Waals surface area (Å²) in [6, 6.07) is 20.0. The molecule has 0 unspecified atom stereocenters. The molecule has 2 heterocycles. The average molecular weight is 483 g/mol. The fraction of sp³-hybridized carbons (Fsp3) is 0.269. The number of halogens is 3. The quantitative estimate of drug-likeness (QED) is 0.524. The number of piperidine rings is 1. The van der Waals surface area contributed by atoms with Crippen LogP contribution in [0.15, 0.2) is 72.8 Å². The van der Waals surface area contributed by atoms with Crippen molar-refractivity contribution in [3.05, 3.63) is 83.9 Å². The van der Waals surface area contributed by atoms with Crippen LogP contribution < -0.4 is 15.0 Å². The zero-order chi connectivity index (χ0) is 24.6. The molecule has 0 bridgehead atoms. The number of nitrogens with zero attached hydrogens (tertiary/aromatic N) is 2. The molecule has 0 aliphatic carbocycles. The van der Waals surface area contributed by atoms with Gasteiger partial charge in [0.1, 0.15) is 17.2 Å². The highest BCUT2D eigenvalue weighted by molar-refractivity contribution is 6.12. The molecule has 9 heteroatoms. The van der Waals surface area contributed by atoms with Crippen LogP contribution in [0.1, 0.15) is 28.8 Å². The molecule has 3 aromatic carbocycles. The fourth-order valence-corrected chi connectivity index (χ4v) is 4.90. The van der Waals surface area contributed by atoms with Gasteiger partial charge in [-0.1, -0.05) is 30.3 Å². The topological polar surface area (TPSA) is 65.0 Å². The third kappa shape index (κ3) is 4.64. The number of nitrogens with one attached hydrogen (secondary N) is 1. The number of carbonyl (C=O) groups is 1. The summed E-state index contributed by atoms with van der Waals surface area (Å²) in [5, 5.41) is 13.3. The molecule has 0 atom stereocenters. The highest BCUT2D eigenvalue weighted by Crippen LogP contribution is 2.41. The Balaban J connectivity index is 1.40. The molecule has 2 aliphatic heterocycles. The number of hydrogen-bond acceptors (Lipinski definition) is 5. The van der Waals surface area contributed by atoms with Crippen LogP contribution in [0.25, 0.3) is 0 Å². The van der Waals surface area contributed by atoms with Gasteiger partial charge < -0.3 is 15.2 Å². The van der Waals surface area contributed by atoms with Gasteiger partial charge in [-0.2, -0.15) is 0 Å². The Labute approximate surface area is 200 Å². The van der Waals surface area contributed by atoms with Crippen LogP contribution in [0.4, 0.5) is 24.5 Å². The van der Waals surface area contributed by atoms with Gasteiger partial charge in [-0.05, 0) is 42.5 Å². The van der Waals surface area contributed by atoms with Gasteiger partial charge in [0.2, 0.25) is 0 Å². The second-order valence-corrected chi connectivity index (χ2v) is 8.79. The van der Waals surface area contributed by atoms with E-state index in [9.17, 15) is 23.1 Å². The molecule has 35 heavy (non-hydrogen) atoms. The van der Waals surface area contributed by atoms with E-state index in [4.69, 9.17) is 0 Å². The molecule has 5 rings (SSSR count). The molecule has 0 saturated carbocycles. The first kappa shape index (κ1) is 23.0. The van der Waals surface area contributed by atoms with Gasteiger partial charge >= 0.3 is 6.36 Å². The first-order valence-corrected chi connectivity index (χ1v) is 11.3. The molecule has 182 valence electrons. The Morgan fingerprint density at radius 3 is 2.31 bits per heavy atom. The summed E-state index contributed by atoms with van der Waals surface area (Å²) in [5.41, 5.74) is 1.72. The fourth-order valence-electron chi connectivity index (χ4n) is 4.90. The highest BCUT2D eigenvalue weighted by Gasteiger charge is 2.47. The molecular formula is C26H24F3N3O3. The van der Waals surface area contributed by atoms with Crippen molar-refractivity contribution in [3.63, 3.8) is 0 Å². The predicted molar refractivity (Wildman–Crippen MR) is 125 cm³/mol. The molecule has 6 nitrogen and oxygen atoms in total. The number of amides is 1. The van der Waals surface area contributed by atoms with Crippen LogP contribution in [0.5, 0.6) is 11.5 Å². The van der Waals surface area contributed by atoms with E-state index in [0.717, 1.165) is 5.69 Å². The molecule has 1 amide bonds. The van der Waals surface area contributed by atoms with Gasteiger partial charge in [-0.25, -0.2) is 0 Å². The third-order valence-electron chi connectivity index (χ3n) is 6.54. The van der Waals surface area contributed by atoms with Gasteiger partial charge in [0.05, 0.1) is 5.56 Å². The maximum absolute atomic E-state index is 13.6. The number of rotatable bonds is 4. The molecule has 3 aromatic rings. The van der Waals surface area contributed by atoms with Crippen LogP contribution in [0.3, 0.4) is 0 Å². The lowest BCUT2D eigenvalue weighted by Gasteiger charge is -2.52. The summed E-state index contributed by atoms with van der Waals surface area (Å²) >= 11 is 0. The number of para-hydroxylation sites is 2. The minimum absolute atomic E-state index is 0.107. The number of benzene rings is 3. The number of hydrogen-bond donors (Lipinski definition) is 2. The smallest absolute Gasteiger partial charge is 0.508 e. The first-order valence-electron chi connectivity index (χ1n) is 11.3. The Bertz CT molecular complexity index is 1220. The average Bonchev–Trinajstić information content (AvgIpc) is 2.82. The molecule has 2 N–H and O–H groups in total. The SMILES string of the molecule is O=C1c2ccccc2NC2(CCN(Cc3ccccc3OC(F)(F)F)CC2)N1c1ccc(O)cc1. The number of aromatic hydroxyl groups is 1. The van der Waals surface area contributed by atoms with Crippen molar-refractivity contribution in [2.45, 2.75) is 31.4 Å². The van der Waals surface area contributed by atoms with Crippen molar-refractivity contribution >= 4 is 17.3 Å². The lowest BCUT2D eigenvalue weighted by Crippen LogP contribution is -2.64. The van der Waals surface area contributed by atoms with Gasteiger partial charge in [0.25, 0.3) is 5.91 Å². The van der Waals surface area contributed by atoms with Crippen LogP contribution in [0, 0.1) is 0 Å². The molecule has 1 spiro atoms. The van der Waals surface area contributed by atoms with Gasteiger partial charge in [-0.15, -0.1) is 13.2 Å². The van der Waals surface area contributed by atoms with Crippen molar-refractivity contribution in [1.29, 1.82) is 0 Å². The Hall–Kier alpha value is -3.72. The zero-order valence-electron chi connectivity index (χ0n) is 18.8. The Kier molecular flexibility index (Phi) is 5.80. The number of ether oxygens (including phenoxy) is 1. The van der Waals surface area contributed by atoms with E-state index in [0.29, 0.717) is 49.3 Å². The van der Waals surface area contributed by atoms with Crippen molar-refractivity contribution < 1.29 is 27.8 Å². The second-order valence-electron chi connectivity index (χ2n) is 8.79. The van der Waals surface area contributed by atoms with Crippen LogP contribution in [-0.4, -0.2) is 41.0 Å². The maximum Gasteiger partial charge on any atom is 0.573 e. The van der Waals surface area contributed by atoms with E-state index in [1.165, 1.54) is 12.1 Å². The van der Waals surface area contributed by atoms with Gasteiger partial charge in [0, 0.05) is 49.4 Å². The predicted octanol–water partition coefficient (Wildman–Crippen LogP) is 5.36. The van der Waals surface area contributed by atoms with E-state index in [1.807, 2.05) is 18.2 Å². The molecule has 2 aliphatic rings. The normalized spacial score (nSPS) is 17.7. The van der Waals surface area contributed by atoms with Gasteiger partial charge in [0.15, 0.2) is 0 Å². The molecule has 1 saturated heterocycles. The molecule has 0 aromatic heterocycles. The van der Waals surface area contributed by atoms with Crippen LogP contribution in [-0.2, 0) is 6.54 Å². The minimum Gasteiger partial charge on any atom is -0.508 e. The Morgan fingerprint density at radius 1 is 0.943 bits per heavy atom.